The van der Waals surface area contributed by atoms with Crippen LogP contribution >= 0.6 is 0 Å². The highest BCUT2D eigenvalue weighted by Gasteiger charge is 2.32. The number of amides is 1. The lowest BCUT2D eigenvalue weighted by Gasteiger charge is -2.37. The molecule has 0 saturated carbocycles. The zero-order valence-electron chi connectivity index (χ0n) is 25.5. The van der Waals surface area contributed by atoms with Gasteiger partial charge >= 0.3 is 6.09 Å². The monoisotopic (exact) mass is 574 g/mol. The Morgan fingerprint density at radius 2 is 1.47 bits per heavy atom. The molecule has 1 amide bonds. The normalized spacial score (nSPS) is 18.6. The van der Waals surface area contributed by atoms with E-state index in [1.165, 1.54) is 33.5 Å². The fraction of sp³-hybridized carbons (Fsp3) is 0.342. The molecule has 1 fully saturated rings. The van der Waals surface area contributed by atoms with Crippen LogP contribution in [0.5, 0.6) is 5.75 Å². The summed E-state index contributed by atoms with van der Waals surface area (Å²) in [5.41, 5.74) is 7.40. The molecule has 0 bridgehead atoms. The Balaban J connectivity index is 1.20. The minimum atomic E-state index is -0.476. The van der Waals surface area contributed by atoms with Gasteiger partial charge in [-0.25, -0.2) is 4.79 Å². The van der Waals surface area contributed by atoms with E-state index >= 15 is 0 Å². The number of carbonyl (C=O) groups excluding carboxylic acids is 1. The second-order valence-corrected chi connectivity index (χ2v) is 12.7. The average Bonchev–Trinajstić information content (AvgIpc) is 3.03. The molecule has 43 heavy (non-hydrogen) atoms. The van der Waals surface area contributed by atoms with E-state index in [1.807, 2.05) is 31.7 Å². The molecule has 0 radical (unpaired) electrons. The van der Waals surface area contributed by atoms with Crippen molar-refractivity contribution < 1.29 is 14.3 Å². The van der Waals surface area contributed by atoms with Crippen molar-refractivity contribution in [2.45, 2.75) is 57.7 Å². The molecule has 1 saturated heterocycles. The van der Waals surface area contributed by atoms with Crippen LogP contribution in [0.3, 0.4) is 0 Å². The van der Waals surface area contributed by atoms with Crippen LogP contribution in [0.25, 0.3) is 0 Å². The second-order valence-electron chi connectivity index (χ2n) is 12.7. The molecule has 1 aliphatic heterocycles. The van der Waals surface area contributed by atoms with Gasteiger partial charge in [0, 0.05) is 37.8 Å². The highest BCUT2D eigenvalue weighted by Crippen LogP contribution is 2.47. The van der Waals surface area contributed by atoms with Crippen LogP contribution in [-0.4, -0.2) is 42.8 Å². The van der Waals surface area contributed by atoms with Gasteiger partial charge in [0.2, 0.25) is 0 Å². The van der Waals surface area contributed by atoms with Gasteiger partial charge in [0.1, 0.15) is 18.0 Å². The predicted octanol–water partition coefficient (Wildman–Crippen LogP) is 8.18. The number of rotatable bonds is 6. The number of fused-ring (bicyclic) bond motifs is 1. The molecule has 4 aromatic rings. The highest BCUT2D eigenvalue weighted by atomic mass is 16.6. The number of hydrogen-bond donors (Lipinski definition) is 0. The van der Waals surface area contributed by atoms with Crippen molar-refractivity contribution in [2.24, 2.45) is 0 Å². The number of piperazine rings is 1. The van der Waals surface area contributed by atoms with Gasteiger partial charge in [0.05, 0.1) is 0 Å². The van der Waals surface area contributed by atoms with Crippen LogP contribution in [0.15, 0.2) is 103 Å². The summed E-state index contributed by atoms with van der Waals surface area (Å²) >= 11 is 0. The number of hydrogen-bond acceptors (Lipinski definition) is 4. The zero-order valence-corrected chi connectivity index (χ0v) is 25.5. The molecule has 222 valence electrons. The molecule has 1 heterocycles. The molecule has 2 aliphatic rings. The quantitative estimate of drug-likeness (QED) is 0.233. The molecule has 4 aromatic carbocycles. The summed E-state index contributed by atoms with van der Waals surface area (Å²) in [5, 5.41) is 0. The van der Waals surface area contributed by atoms with Crippen LogP contribution in [-0.2, 0) is 17.8 Å². The van der Waals surface area contributed by atoms with Crippen LogP contribution in [0.4, 0.5) is 10.5 Å². The number of carbonyl (C=O) groups is 1. The summed E-state index contributed by atoms with van der Waals surface area (Å²) in [4.78, 5) is 16.7. The maximum absolute atomic E-state index is 12.5. The number of nitrogens with zero attached hydrogens (tertiary/aromatic N) is 2. The lowest BCUT2D eigenvalue weighted by molar-refractivity contribution is 0.0240. The van der Waals surface area contributed by atoms with E-state index < -0.39 is 5.60 Å². The standard InChI is InChI=1S/C38H42N2O3/c1-38(2,3)43-37(41)40-24-22-39(23-25-40)32-17-14-30(15-18-32)36-34(29-12-8-5-9-13-29)20-16-31-26-33(19-21-35(31)36)42-27-28-10-6-4-7-11-28/h4-15,17-19,21,26,34,36H,16,20,22-25,27H2,1-3H3/t34-,36+/m1/s1. The van der Waals surface area contributed by atoms with Crippen molar-refractivity contribution in [2.75, 3.05) is 31.1 Å². The molecule has 0 N–H and O–H groups in total. The Labute approximate surface area is 256 Å². The van der Waals surface area contributed by atoms with E-state index in [1.54, 1.807) is 0 Å². The van der Waals surface area contributed by atoms with Crippen molar-refractivity contribution in [1.29, 1.82) is 0 Å². The smallest absolute Gasteiger partial charge is 0.410 e. The van der Waals surface area contributed by atoms with Crippen molar-refractivity contribution in [3.05, 3.63) is 131 Å². The first-order valence-corrected chi connectivity index (χ1v) is 15.5. The molecule has 2 atom stereocenters. The molecule has 5 nitrogen and oxygen atoms in total. The van der Waals surface area contributed by atoms with E-state index in [0.29, 0.717) is 25.6 Å². The summed E-state index contributed by atoms with van der Waals surface area (Å²) in [5.74, 6) is 1.61. The first-order chi connectivity index (χ1) is 20.8. The maximum Gasteiger partial charge on any atom is 0.410 e. The molecule has 6 rings (SSSR count). The van der Waals surface area contributed by atoms with E-state index in [0.717, 1.165) is 31.7 Å². The first kappa shape index (κ1) is 28.9. The third kappa shape index (κ3) is 6.88. The minimum absolute atomic E-state index is 0.223. The summed E-state index contributed by atoms with van der Waals surface area (Å²) in [6.45, 7) is 9.22. The Kier molecular flexibility index (Phi) is 8.42. The van der Waals surface area contributed by atoms with Gasteiger partial charge in [0.25, 0.3) is 0 Å². The Morgan fingerprint density at radius 1 is 0.791 bits per heavy atom. The fourth-order valence-corrected chi connectivity index (χ4v) is 6.46. The Hall–Kier alpha value is -4.25. The molecule has 1 aliphatic carbocycles. The third-order valence-electron chi connectivity index (χ3n) is 8.60. The van der Waals surface area contributed by atoms with Crippen molar-refractivity contribution in [1.82, 2.24) is 4.90 Å². The molecule has 0 spiro atoms. The second kappa shape index (κ2) is 12.5. The first-order valence-electron chi connectivity index (χ1n) is 15.5. The van der Waals surface area contributed by atoms with Crippen LogP contribution in [0.1, 0.15) is 66.8 Å². The summed E-state index contributed by atoms with van der Waals surface area (Å²) in [6, 6.07) is 37.1. The van der Waals surface area contributed by atoms with Crippen molar-refractivity contribution in [3.63, 3.8) is 0 Å². The lowest BCUT2D eigenvalue weighted by atomic mass is 9.69. The lowest BCUT2D eigenvalue weighted by Crippen LogP contribution is -2.50. The van der Waals surface area contributed by atoms with Crippen LogP contribution < -0.4 is 9.64 Å². The summed E-state index contributed by atoms with van der Waals surface area (Å²) in [6.07, 6.45) is 1.91. The van der Waals surface area contributed by atoms with Gasteiger partial charge in [-0.1, -0.05) is 78.9 Å². The Morgan fingerprint density at radius 3 is 2.14 bits per heavy atom. The predicted molar refractivity (Wildman–Crippen MR) is 173 cm³/mol. The van der Waals surface area contributed by atoms with Crippen molar-refractivity contribution >= 4 is 11.8 Å². The number of ether oxygens (including phenoxy) is 2. The maximum atomic E-state index is 12.5. The van der Waals surface area contributed by atoms with Gasteiger partial charge in [-0.15, -0.1) is 0 Å². The van der Waals surface area contributed by atoms with Gasteiger partial charge in [-0.2, -0.15) is 0 Å². The number of benzene rings is 4. The van der Waals surface area contributed by atoms with E-state index in [4.69, 9.17) is 9.47 Å². The van der Waals surface area contributed by atoms with E-state index in [-0.39, 0.29) is 12.0 Å². The topological polar surface area (TPSA) is 42.0 Å². The van der Waals surface area contributed by atoms with E-state index in [2.05, 4.69) is 102 Å². The summed E-state index contributed by atoms with van der Waals surface area (Å²) in [7, 11) is 0. The van der Waals surface area contributed by atoms with Crippen molar-refractivity contribution in [3.8, 4) is 5.75 Å². The molecule has 0 unspecified atom stereocenters. The molecular weight excluding hydrogens is 532 g/mol. The SMILES string of the molecule is CC(C)(C)OC(=O)N1CCN(c2ccc([C@@H]3c4ccc(OCc5ccccc5)cc4CC[C@@H]3c3ccccc3)cc2)CC1. The Bertz CT molecular complexity index is 1500. The highest BCUT2D eigenvalue weighted by molar-refractivity contribution is 5.68. The van der Waals surface area contributed by atoms with Gasteiger partial charge < -0.3 is 19.3 Å². The molecule has 0 aromatic heterocycles. The van der Waals surface area contributed by atoms with Gasteiger partial charge in [0.15, 0.2) is 0 Å². The van der Waals surface area contributed by atoms with E-state index in [9.17, 15) is 4.79 Å². The van der Waals surface area contributed by atoms with Gasteiger partial charge in [-0.05, 0) is 91.6 Å². The molecule has 5 heteroatoms. The molecular formula is C38H42N2O3. The average molecular weight is 575 g/mol. The largest absolute Gasteiger partial charge is 0.489 e. The minimum Gasteiger partial charge on any atom is -0.489 e. The zero-order chi connectivity index (χ0) is 29.8. The fourth-order valence-electron chi connectivity index (χ4n) is 6.46. The van der Waals surface area contributed by atoms with Gasteiger partial charge in [-0.3, -0.25) is 0 Å². The van der Waals surface area contributed by atoms with Crippen LogP contribution in [0, 0.1) is 0 Å². The number of anilines is 1. The number of aryl methyl sites for hydroxylation is 1. The summed E-state index contributed by atoms with van der Waals surface area (Å²) < 4.78 is 11.8. The van der Waals surface area contributed by atoms with Crippen LogP contribution in [0.2, 0.25) is 0 Å². The third-order valence-corrected chi connectivity index (χ3v) is 8.60.